The number of rotatable bonds is 9. The summed E-state index contributed by atoms with van der Waals surface area (Å²) in [6.07, 6.45) is -0.228. The van der Waals surface area contributed by atoms with Gasteiger partial charge in [-0.25, -0.2) is 0 Å². The van der Waals surface area contributed by atoms with E-state index in [0.717, 1.165) is 5.01 Å². The summed E-state index contributed by atoms with van der Waals surface area (Å²) in [6.45, 7) is -0.882. The number of hydrazine groups is 1. The fourth-order valence-electron chi connectivity index (χ4n) is 3.33. The van der Waals surface area contributed by atoms with Crippen LogP contribution in [-0.4, -0.2) is 61.0 Å². The second kappa shape index (κ2) is 11.0. The number of hydrogen-bond donors (Lipinski definition) is 2. The Balaban J connectivity index is 1.55. The molecular formula is C22H22N4O9. The third-order valence-electron chi connectivity index (χ3n) is 5.07. The largest absolute Gasteiger partial charge is 0.497 e. The van der Waals surface area contributed by atoms with Crippen LogP contribution in [-0.2, 0) is 19.1 Å². The summed E-state index contributed by atoms with van der Waals surface area (Å²) >= 11 is 0. The second-order valence-electron chi connectivity index (χ2n) is 7.34. The molecule has 2 aromatic carbocycles. The molecule has 3 rings (SSSR count). The predicted molar refractivity (Wildman–Crippen MR) is 120 cm³/mol. The van der Waals surface area contributed by atoms with Gasteiger partial charge < -0.3 is 19.5 Å². The topological polar surface area (TPSA) is 166 Å². The number of carbonyl (C=O) groups is 4. The SMILES string of the molecule is COc1ccc([N+](=O)[O-])c(NC(=O)COC(=O)[C@@H]2CC(=O)N(NC(=O)c3ccccc3OC)C2)c1. The molecule has 1 fully saturated rings. The molecule has 1 aliphatic heterocycles. The number of anilines is 1. The Morgan fingerprint density at radius 3 is 2.57 bits per heavy atom. The maximum absolute atomic E-state index is 12.5. The van der Waals surface area contributed by atoms with E-state index in [1.54, 1.807) is 18.2 Å². The van der Waals surface area contributed by atoms with Crippen molar-refractivity contribution in [2.45, 2.75) is 6.42 Å². The molecule has 2 aromatic rings. The van der Waals surface area contributed by atoms with Gasteiger partial charge in [-0.1, -0.05) is 12.1 Å². The zero-order valence-corrected chi connectivity index (χ0v) is 18.8. The first-order valence-corrected chi connectivity index (χ1v) is 10.3. The van der Waals surface area contributed by atoms with E-state index >= 15 is 0 Å². The number of nitrogens with zero attached hydrogens (tertiary/aromatic N) is 2. The van der Waals surface area contributed by atoms with Crippen LogP contribution in [0.25, 0.3) is 0 Å². The van der Waals surface area contributed by atoms with Crippen LogP contribution in [0.5, 0.6) is 11.5 Å². The van der Waals surface area contributed by atoms with E-state index in [9.17, 15) is 29.3 Å². The number of hydrogen-bond acceptors (Lipinski definition) is 9. The molecule has 1 heterocycles. The summed E-state index contributed by atoms with van der Waals surface area (Å²) in [6, 6.07) is 10.2. The number of carbonyl (C=O) groups excluding carboxylic acids is 4. The van der Waals surface area contributed by atoms with E-state index in [1.165, 1.54) is 38.5 Å². The van der Waals surface area contributed by atoms with E-state index in [0.29, 0.717) is 5.75 Å². The van der Waals surface area contributed by atoms with E-state index in [4.69, 9.17) is 14.2 Å². The highest BCUT2D eigenvalue weighted by Gasteiger charge is 2.37. The van der Waals surface area contributed by atoms with Gasteiger partial charge in [0.15, 0.2) is 6.61 Å². The van der Waals surface area contributed by atoms with Crippen LogP contribution in [0.15, 0.2) is 42.5 Å². The highest BCUT2D eigenvalue weighted by atomic mass is 16.6. The van der Waals surface area contributed by atoms with E-state index < -0.39 is 41.1 Å². The van der Waals surface area contributed by atoms with Gasteiger partial charge >= 0.3 is 5.97 Å². The molecule has 35 heavy (non-hydrogen) atoms. The first-order chi connectivity index (χ1) is 16.7. The minimum Gasteiger partial charge on any atom is -0.497 e. The predicted octanol–water partition coefficient (Wildman–Crippen LogP) is 1.29. The fourth-order valence-corrected chi connectivity index (χ4v) is 3.33. The van der Waals surface area contributed by atoms with Crippen molar-refractivity contribution in [3.8, 4) is 11.5 Å². The molecular weight excluding hydrogens is 464 g/mol. The zero-order valence-electron chi connectivity index (χ0n) is 18.8. The molecule has 184 valence electrons. The quantitative estimate of drug-likeness (QED) is 0.301. The molecule has 13 heteroatoms. The molecule has 0 bridgehead atoms. The fraction of sp³-hybridized carbons (Fsp3) is 0.273. The summed E-state index contributed by atoms with van der Waals surface area (Å²) in [5.74, 6) is -3.07. The van der Waals surface area contributed by atoms with Crippen LogP contribution < -0.4 is 20.2 Å². The number of nitro groups is 1. The van der Waals surface area contributed by atoms with Crippen LogP contribution in [0.1, 0.15) is 16.8 Å². The molecule has 1 saturated heterocycles. The van der Waals surface area contributed by atoms with Crippen LogP contribution in [0, 0.1) is 16.0 Å². The molecule has 1 aliphatic rings. The third-order valence-corrected chi connectivity index (χ3v) is 5.07. The molecule has 13 nitrogen and oxygen atoms in total. The van der Waals surface area contributed by atoms with Crippen molar-refractivity contribution >= 4 is 35.1 Å². The average molecular weight is 486 g/mol. The molecule has 0 aromatic heterocycles. The molecule has 2 N–H and O–H groups in total. The Morgan fingerprint density at radius 1 is 1.14 bits per heavy atom. The number of methoxy groups -OCH3 is 2. The lowest BCUT2D eigenvalue weighted by atomic mass is 10.1. The Bertz CT molecular complexity index is 1170. The van der Waals surface area contributed by atoms with E-state index in [1.807, 2.05) is 0 Å². The van der Waals surface area contributed by atoms with Gasteiger partial charge in [0.2, 0.25) is 5.91 Å². The lowest BCUT2D eigenvalue weighted by Crippen LogP contribution is -2.43. The zero-order chi connectivity index (χ0) is 25.5. The number of ether oxygens (including phenoxy) is 3. The molecule has 0 radical (unpaired) electrons. The van der Waals surface area contributed by atoms with Crippen molar-refractivity contribution in [2.75, 3.05) is 32.7 Å². The van der Waals surface area contributed by atoms with Crippen molar-refractivity contribution in [1.82, 2.24) is 10.4 Å². The van der Waals surface area contributed by atoms with E-state index in [-0.39, 0.29) is 35.7 Å². The van der Waals surface area contributed by atoms with Gasteiger partial charge in [0.1, 0.15) is 17.2 Å². The summed E-state index contributed by atoms with van der Waals surface area (Å²) < 4.78 is 15.1. The summed E-state index contributed by atoms with van der Waals surface area (Å²) in [5.41, 5.74) is 2.14. The maximum atomic E-state index is 12.5. The highest BCUT2D eigenvalue weighted by Crippen LogP contribution is 2.29. The normalized spacial score (nSPS) is 14.7. The molecule has 1 atom stereocenters. The lowest BCUT2D eigenvalue weighted by Gasteiger charge is -2.18. The van der Waals surface area contributed by atoms with Crippen LogP contribution >= 0.6 is 0 Å². The standard InChI is InChI=1S/C22H22N4O9/c1-33-14-7-8-17(26(31)32)16(10-14)23-19(27)12-35-22(30)13-9-20(28)25(11-13)24-21(29)15-5-3-4-6-18(15)34-2/h3-8,10,13H,9,11-12H2,1-2H3,(H,23,27)(H,24,29)/t13-/m1/s1. The van der Waals surface area contributed by atoms with Gasteiger partial charge in [0.25, 0.3) is 17.5 Å². The number of esters is 1. The number of amides is 3. The van der Waals surface area contributed by atoms with Crippen molar-refractivity contribution < 1.29 is 38.3 Å². The van der Waals surface area contributed by atoms with Crippen molar-refractivity contribution in [1.29, 1.82) is 0 Å². The summed E-state index contributed by atoms with van der Waals surface area (Å²) in [4.78, 5) is 59.8. The first kappa shape index (κ1) is 25.0. The van der Waals surface area contributed by atoms with Gasteiger partial charge in [-0.05, 0) is 18.2 Å². The third kappa shape index (κ3) is 6.01. The van der Waals surface area contributed by atoms with Gasteiger partial charge in [-0.3, -0.25) is 39.7 Å². The Hall–Kier alpha value is -4.68. The second-order valence-corrected chi connectivity index (χ2v) is 7.34. The Labute approximate surface area is 199 Å². The minimum absolute atomic E-state index is 0.128. The molecule has 3 amide bonds. The van der Waals surface area contributed by atoms with E-state index in [2.05, 4.69) is 10.7 Å². The number of benzene rings is 2. The summed E-state index contributed by atoms with van der Waals surface area (Å²) in [5, 5.41) is 14.5. The highest BCUT2D eigenvalue weighted by molar-refractivity contribution is 5.99. The average Bonchev–Trinajstić information content (AvgIpc) is 3.22. The molecule has 0 saturated carbocycles. The monoisotopic (exact) mass is 486 g/mol. The van der Waals surface area contributed by atoms with Gasteiger partial charge in [0.05, 0.1) is 37.2 Å². The minimum atomic E-state index is -0.917. The molecule has 0 spiro atoms. The van der Waals surface area contributed by atoms with Crippen molar-refractivity contribution in [2.24, 2.45) is 5.92 Å². The maximum Gasteiger partial charge on any atom is 0.311 e. The van der Waals surface area contributed by atoms with Crippen LogP contribution in [0.3, 0.4) is 0 Å². The van der Waals surface area contributed by atoms with Gasteiger partial charge in [0, 0.05) is 18.6 Å². The Morgan fingerprint density at radius 2 is 1.89 bits per heavy atom. The molecule has 0 unspecified atom stereocenters. The van der Waals surface area contributed by atoms with Gasteiger partial charge in [-0.15, -0.1) is 0 Å². The summed E-state index contributed by atoms with van der Waals surface area (Å²) in [7, 11) is 2.77. The molecule has 0 aliphatic carbocycles. The number of para-hydroxylation sites is 1. The Kier molecular flexibility index (Phi) is 7.81. The lowest BCUT2D eigenvalue weighted by molar-refractivity contribution is -0.383. The van der Waals surface area contributed by atoms with Crippen LogP contribution in [0.4, 0.5) is 11.4 Å². The smallest absolute Gasteiger partial charge is 0.311 e. The van der Waals surface area contributed by atoms with Crippen molar-refractivity contribution in [3.05, 3.63) is 58.1 Å². The van der Waals surface area contributed by atoms with Crippen LogP contribution in [0.2, 0.25) is 0 Å². The number of nitro benzene ring substituents is 1. The number of nitrogens with one attached hydrogen (secondary N) is 2. The van der Waals surface area contributed by atoms with Crippen molar-refractivity contribution in [3.63, 3.8) is 0 Å². The van der Waals surface area contributed by atoms with Gasteiger partial charge in [-0.2, -0.15) is 0 Å². The first-order valence-electron chi connectivity index (χ1n) is 10.3.